The van der Waals surface area contributed by atoms with E-state index in [2.05, 4.69) is 49.7 Å². The van der Waals surface area contributed by atoms with Crippen molar-refractivity contribution in [1.29, 1.82) is 0 Å². The Hall–Kier alpha value is -0.650. The van der Waals surface area contributed by atoms with E-state index in [1.807, 2.05) is 6.07 Å². The van der Waals surface area contributed by atoms with Crippen LogP contribution in [0.5, 0.6) is 0 Å². The SMILES string of the molecule is Ic1ccc2nnn(C3CCC3)c2c1. The van der Waals surface area contributed by atoms with Gasteiger partial charge in [-0.2, -0.15) is 0 Å². The first kappa shape index (κ1) is 8.64. The molecule has 1 aliphatic carbocycles. The molecule has 1 heterocycles. The average Bonchev–Trinajstić information content (AvgIpc) is 2.46. The molecule has 72 valence electrons. The molecule has 0 atom stereocenters. The zero-order valence-corrected chi connectivity index (χ0v) is 9.81. The Kier molecular flexibility index (Phi) is 1.97. The van der Waals surface area contributed by atoms with Gasteiger partial charge in [0.1, 0.15) is 5.52 Å². The van der Waals surface area contributed by atoms with Crippen LogP contribution in [0, 0.1) is 3.57 Å². The van der Waals surface area contributed by atoms with E-state index in [9.17, 15) is 0 Å². The Balaban J connectivity index is 2.18. The Morgan fingerprint density at radius 1 is 1.36 bits per heavy atom. The van der Waals surface area contributed by atoms with Crippen LogP contribution in [0.2, 0.25) is 0 Å². The van der Waals surface area contributed by atoms with Crippen molar-refractivity contribution >= 4 is 33.6 Å². The molecule has 0 bridgehead atoms. The molecule has 3 nitrogen and oxygen atoms in total. The first-order valence-electron chi connectivity index (χ1n) is 4.85. The van der Waals surface area contributed by atoms with Crippen LogP contribution in [0.3, 0.4) is 0 Å². The van der Waals surface area contributed by atoms with E-state index in [1.54, 1.807) is 0 Å². The molecule has 3 rings (SSSR count). The Labute approximate surface area is 95.6 Å². The highest BCUT2D eigenvalue weighted by Crippen LogP contribution is 2.33. The maximum Gasteiger partial charge on any atom is 0.113 e. The van der Waals surface area contributed by atoms with Crippen LogP contribution >= 0.6 is 22.6 Å². The van der Waals surface area contributed by atoms with Crippen molar-refractivity contribution < 1.29 is 0 Å². The highest BCUT2D eigenvalue weighted by Gasteiger charge is 2.22. The van der Waals surface area contributed by atoms with Gasteiger partial charge in [-0.15, -0.1) is 5.10 Å². The van der Waals surface area contributed by atoms with Gasteiger partial charge in [-0.05, 0) is 60.1 Å². The van der Waals surface area contributed by atoms with Crippen LogP contribution in [-0.4, -0.2) is 15.0 Å². The summed E-state index contributed by atoms with van der Waals surface area (Å²) >= 11 is 2.33. The summed E-state index contributed by atoms with van der Waals surface area (Å²) in [5.41, 5.74) is 2.19. The number of benzene rings is 1. The number of halogens is 1. The minimum Gasteiger partial charge on any atom is -0.242 e. The third-order valence-electron chi connectivity index (χ3n) is 2.85. The molecular weight excluding hydrogens is 289 g/mol. The van der Waals surface area contributed by atoms with E-state index < -0.39 is 0 Å². The summed E-state index contributed by atoms with van der Waals surface area (Å²) in [6.45, 7) is 0. The molecule has 4 heteroatoms. The second kappa shape index (κ2) is 3.18. The number of hydrogen-bond donors (Lipinski definition) is 0. The molecule has 1 saturated carbocycles. The number of fused-ring (bicyclic) bond motifs is 1. The van der Waals surface area contributed by atoms with E-state index in [0.29, 0.717) is 6.04 Å². The van der Waals surface area contributed by atoms with Crippen LogP contribution < -0.4 is 0 Å². The van der Waals surface area contributed by atoms with E-state index in [-0.39, 0.29) is 0 Å². The quantitative estimate of drug-likeness (QED) is 0.758. The summed E-state index contributed by atoms with van der Waals surface area (Å²) in [4.78, 5) is 0. The second-order valence-corrected chi connectivity index (χ2v) is 5.00. The van der Waals surface area contributed by atoms with Crippen LogP contribution in [0.1, 0.15) is 25.3 Å². The second-order valence-electron chi connectivity index (χ2n) is 3.75. The fourth-order valence-electron chi connectivity index (χ4n) is 1.81. The number of nitrogens with zero attached hydrogens (tertiary/aromatic N) is 3. The zero-order valence-electron chi connectivity index (χ0n) is 7.65. The topological polar surface area (TPSA) is 30.7 Å². The van der Waals surface area contributed by atoms with Gasteiger partial charge in [-0.1, -0.05) is 5.21 Å². The predicted molar refractivity (Wildman–Crippen MR) is 63.1 cm³/mol. The van der Waals surface area contributed by atoms with Crippen molar-refractivity contribution in [2.45, 2.75) is 25.3 Å². The van der Waals surface area contributed by atoms with Crippen molar-refractivity contribution in [1.82, 2.24) is 15.0 Å². The van der Waals surface area contributed by atoms with Crippen molar-refractivity contribution in [2.24, 2.45) is 0 Å². The Morgan fingerprint density at radius 3 is 2.93 bits per heavy atom. The third kappa shape index (κ3) is 1.24. The molecule has 0 unspecified atom stereocenters. The minimum absolute atomic E-state index is 0.596. The summed E-state index contributed by atoms with van der Waals surface area (Å²) < 4.78 is 3.33. The third-order valence-corrected chi connectivity index (χ3v) is 3.52. The van der Waals surface area contributed by atoms with Gasteiger partial charge in [0.05, 0.1) is 11.6 Å². The maximum absolute atomic E-state index is 4.22. The molecule has 1 aliphatic rings. The maximum atomic E-state index is 4.22. The Bertz CT molecular complexity index is 473. The van der Waals surface area contributed by atoms with Crippen LogP contribution in [0.4, 0.5) is 0 Å². The number of aromatic nitrogens is 3. The van der Waals surface area contributed by atoms with Crippen molar-refractivity contribution in [2.75, 3.05) is 0 Å². The lowest BCUT2D eigenvalue weighted by Crippen LogP contribution is -2.18. The lowest BCUT2D eigenvalue weighted by atomic mass is 9.93. The van der Waals surface area contributed by atoms with Gasteiger partial charge in [-0.3, -0.25) is 0 Å². The smallest absolute Gasteiger partial charge is 0.113 e. The van der Waals surface area contributed by atoms with Crippen molar-refractivity contribution in [3.8, 4) is 0 Å². The fraction of sp³-hybridized carbons (Fsp3) is 0.400. The molecule has 1 aromatic heterocycles. The average molecular weight is 299 g/mol. The molecule has 0 radical (unpaired) electrons. The molecule has 1 fully saturated rings. The first-order valence-corrected chi connectivity index (χ1v) is 5.93. The minimum atomic E-state index is 0.596. The summed E-state index contributed by atoms with van der Waals surface area (Å²) in [5, 5.41) is 8.39. The van der Waals surface area contributed by atoms with Crippen molar-refractivity contribution in [3.63, 3.8) is 0 Å². The van der Waals surface area contributed by atoms with E-state index in [0.717, 1.165) is 5.52 Å². The van der Waals surface area contributed by atoms with Gasteiger partial charge in [0.2, 0.25) is 0 Å². The highest BCUT2D eigenvalue weighted by molar-refractivity contribution is 14.1. The van der Waals surface area contributed by atoms with E-state index in [4.69, 9.17) is 0 Å². The van der Waals surface area contributed by atoms with Crippen LogP contribution in [0.15, 0.2) is 18.2 Å². The number of hydrogen-bond acceptors (Lipinski definition) is 2. The molecule has 0 N–H and O–H groups in total. The molecule has 14 heavy (non-hydrogen) atoms. The highest BCUT2D eigenvalue weighted by atomic mass is 127. The fourth-order valence-corrected chi connectivity index (χ4v) is 2.28. The van der Waals surface area contributed by atoms with Gasteiger partial charge in [-0.25, -0.2) is 4.68 Å². The standard InChI is InChI=1S/C10H10IN3/c11-7-4-5-9-10(6-7)14(13-12-9)8-2-1-3-8/h4-6,8H,1-3H2. The normalized spacial score (nSPS) is 17.2. The monoisotopic (exact) mass is 299 g/mol. The van der Waals surface area contributed by atoms with Crippen LogP contribution in [0.25, 0.3) is 11.0 Å². The summed E-state index contributed by atoms with van der Waals surface area (Å²) in [7, 11) is 0. The van der Waals surface area contributed by atoms with Gasteiger partial charge in [0, 0.05) is 3.57 Å². The molecule has 0 saturated heterocycles. The van der Waals surface area contributed by atoms with Gasteiger partial charge >= 0.3 is 0 Å². The molecular formula is C10H10IN3. The molecule has 2 aromatic rings. The summed E-state index contributed by atoms with van der Waals surface area (Å²) in [6, 6.07) is 6.87. The first-order chi connectivity index (χ1) is 6.84. The van der Waals surface area contributed by atoms with E-state index in [1.165, 1.54) is 28.3 Å². The summed E-state index contributed by atoms with van der Waals surface area (Å²) in [5.74, 6) is 0. The van der Waals surface area contributed by atoms with Crippen molar-refractivity contribution in [3.05, 3.63) is 21.8 Å². The predicted octanol–water partition coefficient (Wildman–Crippen LogP) is 2.76. The van der Waals surface area contributed by atoms with Gasteiger partial charge < -0.3 is 0 Å². The molecule has 0 aliphatic heterocycles. The Morgan fingerprint density at radius 2 is 2.21 bits per heavy atom. The molecule has 0 spiro atoms. The molecule has 1 aromatic carbocycles. The lowest BCUT2D eigenvalue weighted by molar-refractivity contribution is 0.292. The van der Waals surface area contributed by atoms with Crippen LogP contribution in [-0.2, 0) is 0 Å². The summed E-state index contributed by atoms with van der Waals surface area (Å²) in [6.07, 6.45) is 3.84. The zero-order chi connectivity index (χ0) is 9.54. The lowest BCUT2D eigenvalue weighted by Gasteiger charge is -2.25. The van der Waals surface area contributed by atoms with Gasteiger partial charge in [0.25, 0.3) is 0 Å². The largest absolute Gasteiger partial charge is 0.242 e. The van der Waals surface area contributed by atoms with Gasteiger partial charge in [0.15, 0.2) is 0 Å². The molecule has 0 amide bonds. The number of rotatable bonds is 1. The van der Waals surface area contributed by atoms with E-state index >= 15 is 0 Å².